The van der Waals surface area contributed by atoms with Gasteiger partial charge in [0, 0.05) is 18.0 Å². The zero-order chi connectivity index (χ0) is 14.1. The van der Waals surface area contributed by atoms with Gasteiger partial charge < -0.3 is 5.73 Å². The van der Waals surface area contributed by atoms with Crippen LogP contribution >= 0.6 is 0 Å². The summed E-state index contributed by atoms with van der Waals surface area (Å²) in [6, 6.07) is 1.82. The van der Waals surface area contributed by atoms with Gasteiger partial charge in [-0.3, -0.25) is 0 Å². The van der Waals surface area contributed by atoms with E-state index in [9.17, 15) is 0 Å². The molecule has 0 aromatic carbocycles. The second kappa shape index (κ2) is 5.32. The molecular formula is C15H21N5. The van der Waals surface area contributed by atoms with Crippen LogP contribution in [0.5, 0.6) is 0 Å². The maximum atomic E-state index is 5.97. The molecule has 106 valence electrons. The quantitative estimate of drug-likeness (QED) is 0.928. The minimum absolute atomic E-state index is 0.390. The lowest BCUT2D eigenvalue weighted by Gasteiger charge is -2.23. The molecule has 1 atom stereocenters. The monoisotopic (exact) mass is 271 g/mol. The highest BCUT2D eigenvalue weighted by Gasteiger charge is 2.29. The lowest BCUT2D eigenvalue weighted by molar-refractivity contribution is 0.544. The number of hydrogen-bond donors (Lipinski definition) is 1. The topological polar surface area (TPSA) is 69.6 Å². The molecule has 2 heterocycles. The summed E-state index contributed by atoms with van der Waals surface area (Å²) < 4.78 is 1.92. The summed E-state index contributed by atoms with van der Waals surface area (Å²) in [6.07, 6.45) is 6.86. The molecule has 2 N–H and O–H groups in total. The molecule has 2 aromatic rings. The maximum Gasteiger partial charge on any atom is 0.250 e. The predicted octanol–water partition coefficient (Wildman–Crippen LogP) is 2.16. The SMILES string of the molecule is CC(C)c1nn(-c2ncccn2)c2c1C(CN)CCC2. The van der Waals surface area contributed by atoms with E-state index in [1.807, 2.05) is 10.7 Å². The van der Waals surface area contributed by atoms with E-state index in [4.69, 9.17) is 10.8 Å². The van der Waals surface area contributed by atoms with Crippen LogP contribution in [-0.4, -0.2) is 26.3 Å². The summed E-state index contributed by atoms with van der Waals surface area (Å²) in [4.78, 5) is 8.68. The van der Waals surface area contributed by atoms with Crippen LogP contribution in [0, 0.1) is 0 Å². The van der Waals surface area contributed by atoms with Gasteiger partial charge in [-0.25, -0.2) is 14.6 Å². The molecule has 0 saturated heterocycles. The molecule has 0 fully saturated rings. The first-order valence-corrected chi connectivity index (χ1v) is 7.31. The van der Waals surface area contributed by atoms with Gasteiger partial charge >= 0.3 is 0 Å². The molecule has 0 amide bonds. The lowest BCUT2D eigenvalue weighted by atomic mass is 9.83. The summed E-state index contributed by atoms with van der Waals surface area (Å²) in [5.74, 6) is 1.47. The molecule has 0 saturated carbocycles. The molecule has 1 aliphatic carbocycles. The van der Waals surface area contributed by atoms with Gasteiger partial charge in [0.15, 0.2) is 0 Å². The molecule has 1 aliphatic rings. The third kappa shape index (κ3) is 2.12. The largest absolute Gasteiger partial charge is 0.330 e. The first kappa shape index (κ1) is 13.2. The number of hydrogen-bond acceptors (Lipinski definition) is 4. The Morgan fingerprint density at radius 3 is 2.75 bits per heavy atom. The van der Waals surface area contributed by atoms with Gasteiger partial charge in [-0.05, 0) is 43.7 Å². The maximum absolute atomic E-state index is 5.97. The normalized spacial score (nSPS) is 18.3. The van der Waals surface area contributed by atoms with Crippen molar-refractivity contribution in [1.82, 2.24) is 19.7 Å². The Balaban J connectivity index is 2.18. The van der Waals surface area contributed by atoms with Crippen molar-refractivity contribution in [3.8, 4) is 5.95 Å². The number of nitrogens with two attached hydrogens (primary N) is 1. The van der Waals surface area contributed by atoms with Crippen LogP contribution in [0.15, 0.2) is 18.5 Å². The van der Waals surface area contributed by atoms with Crippen LogP contribution in [-0.2, 0) is 6.42 Å². The van der Waals surface area contributed by atoms with Gasteiger partial charge in [0.05, 0.1) is 11.4 Å². The van der Waals surface area contributed by atoms with Crippen molar-refractivity contribution in [3.63, 3.8) is 0 Å². The summed E-state index contributed by atoms with van der Waals surface area (Å²) in [7, 11) is 0. The second-order valence-electron chi connectivity index (χ2n) is 5.69. The highest BCUT2D eigenvalue weighted by Crippen LogP contribution is 2.36. The van der Waals surface area contributed by atoms with Gasteiger partial charge in [0.25, 0.3) is 5.95 Å². The van der Waals surface area contributed by atoms with Crippen molar-refractivity contribution in [1.29, 1.82) is 0 Å². The van der Waals surface area contributed by atoms with Crippen LogP contribution in [0.2, 0.25) is 0 Å². The summed E-state index contributed by atoms with van der Waals surface area (Å²) >= 11 is 0. The molecule has 5 nitrogen and oxygen atoms in total. The number of rotatable bonds is 3. The Kier molecular flexibility index (Phi) is 3.53. The Bertz CT molecular complexity index is 588. The van der Waals surface area contributed by atoms with Gasteiger partial charge in [0.1, 0.15) is 0 Å². The van der Waals surface area contributed by atoms with E-state index in [1.165, 1.54) is 11.3 Å². The number of aromatic nitrogens is 4. The average Bonchev–Trinajstić information content (AvgIpc) is 2.88. The van der Waals surface area contributed by atoms with Crippen molar-refractivity contribution in [3.05, 3.63) is 35.4 Å². The smallest absolute Gasteiger partial charge is 0.250 e. The first-order valence-electron chi connectivity index (χ1n) is 7.31. The molecule has 1 unspecified atom stereocenters. The van der Waals surface area contributed by atoms with Gasteiger partial charge in [-0.1, -0.05) is 13.8 Å². The van der Waals surface area contributed by atoms with Crippen molar-refractivity contribution in [2.45, 2.75) is 44.9 Å². The summed E-state index contributed by atoms with van der Waals surface area (Å²) in [5, 5.41) is 4.80. The van der Waals surface area contributed by atoms with E-state index in [0.29, 0.717) is 24.3 Å². The molecule has 20 heavy (non-hydrogen) atoms. The average molecular weight is 271 g/mol. The molecule has 0 aliphatic heterocycles. The highest BCUT2D eigenvalue weighted by atomic mass is 15.4. The fourth-order valence-electron chi connectivity index (χ4n) is 3.06. The minimum atomic E-state index is 0.390. The molecule has 5 heteroatoms. The standard InChI is InChI=1S/C15H21N5/c1-10(2)14-13-11(9-16)5-3-6-12(13)20(19-14)15-17-7-4-8-18-15/h4,7-8,10-11H,3,5-6,9,16H2,1-2H3. The zero-order valence-corrected chi connectivity index (χ0v) is 12.1. The zero-order valence-electron chi connectivity index (χ0n) is 12.1. The Hall–Kier alpha value is -1.75. The lowest BCUT2D eigenvalue weighted by Crippen LogP contribution is -2.20. The van der Waals surface area contributed by atoms with Crippen molar-refractivity contribution in [2.75, 3.05) is 6.54 Å². The van der Waals surface area contributed by atoms with E-state index in [2.05, 4.69) is 23.8 Å². The van der Waals surface area contributed by atoms with Crippen LogP contribution in [0.3, 0.4) is 0 Å². The summed E-state index contributed by atoms with van der Waals surface area (Å²) in [5.41, 5.74) is 9.72. The van der Waals surface area contributed by atoms with E-state index in [-0.39, 0.29) is 0 Å². The Labute approximate surface area is 119 Å². The molecule has 0 bridgehead atoms. The number of nitrogens with zero attached hydrogens (tertiary/aromatic N) is 4. The van der Waals surface area contributed by atoms with E-state index < -0.39 is 0 Å². The van der Waals surface area contributed by atoms with Crippen molar-refractivity contribution >= 4 is 0 Å². The van der Waals surface area contributed by atoms with Gasteiger partial charge in [0.2, 0.25) is 0 Å². The fraction of sp³-hybridized carbons (Fsp3) is 0.533. The fourth-order valence-corrected chi connectivity index (χ4v) is 3.06. The molecule has 0 radical (unpaired) electrons. The first-order chi connectivity index (χ1) is 9.72. The van der Waals surface area contributed by atoms with Crippen molar-refractivity contribution in [2.24, 2.45) is 5.73 Å². The van der Waals surface area contributed by atoms with E-state index in [0.717, 1.165) is 25.0 Å². The predicted molar refractivity (Wildman–Crippen MR) is 78.0 cm³/mol. The van der Waals surface area contributed by atoms with E-state index >= 15 is 0 Å². The van der Waals surface area contributed by atoms with Crippen LogP contribution in [0.1, 0.15) is 55.5 Å². The Morgan fingerprint density at radius 2 is 2.10 bits per heavy atom. The summed E-state index contributed by atoms with van der Waals surface area (Å²) in [6.45, 7) is 5.05. The second-order valence-corrected chi connectivity index (χ2v) is 5.69. The molecule has 2 aromatic heterocycles. The minimum Gasteiger partial charge on any atom is -0.330 e. The van der Waals surface area contributed by atoms with Crippen LogP contribution < -0.4 is 5.73 Å². The van der Waals surface area contributed by atoms with E-state index in [1.54, 1.807) is 12.4 Å². The van der Waals surface area contributed by atoms with Crippen LogP contribution in [0.4, 0.5) is 0 Å². The van der Waals surface area contributed by atoms with Gasteiger partial charge in [-0.15, -0.1) is 0 Å². The Morgan fingerprint density at radius 1 is 1.35 bits per heavy atom. The number of fused-ring (bicyclic) bond motifs is 1. The van der Waals surface area contributed by atoms with Crippen molar-refractivity contribution < 1.29 is 0 Å². The highest BCUT2D eigenvalue weighted by molar-refractivity contribution is 5.37. The third-order valence-electron chi connectivity index (χ3n) is 4.00. The van der Waals surface area contributed by atoms with Crippen LogP contribution in [0.25, 0.3) is 5.95 Å². The van der Waals surface area contributed by atoms with Gasteiger partial charge in [-0.2, -0.15) is 5.10 Å². The molecule has 3 rings (SSSR count). The molecular weight excluding hydrogens is 250 g/mol. The third-order valence-corrected chi connectivity index (χ3v) is 4.00. The molecule has 0 spiro atoms.